The van der Waals surface area contributed by atoms with E-state index in [2.05, 4.69) is 31.2 Å². The van der Waals surface area contributed by atoms with E-state index >= 15 is 0 Å². The second-order valence-electron chi connectivity index (χ2n) is 5.12. The Morgan fingerprint density at radius 1 is 1.10 bits per heavy atom. The van der Waals surface area contributed by atoms with Crippen LogP contribution in [0, 0.1) is 6.92 Å². The van der Waals surface area contributed by atoms with E-state index < -0.39 is 0 Å². The Morgan fingerprint density at radius 3 is 2.90 bits per heavy atom. The monoisotopic (exact) mass is 297 g/mol. The first kappa shape index (κ1) is 12.2. The summed E-state index contributed by atoms with van der Waals surface area (Å²) in [7, 11) is 0. The van der Waals surface area contributed by atoms with E-state index in [4.69, 9.17) is 16.6 Å². The summed E-state index contributed by atoms with van der Waals surface area (Å²) >= 11 is 7.95. The molecule has 0 saturated heterocycles. The fourth-order valence-electron chi connectivity index (χ4n) is 2.64. The topological polar surface area (TPSA) is 12.9 Å². The van der Waals surface area contributed by atoms with Crippen LogP contribution in [0.2, 0.25) is 5.02 Å². The highest BCUT2D eigenvalue weighted by molar-refractivity contribution is 7.98. The van der Waals surface area contributed by atoms with Crippen LogP contribution in [0.25, 0.3) is 22.2 Å². The minimum absolute atomic E-state index is 0.763. The van der Waals surface area contributed by atoms with E-state index in [9.17, 15) is 0 Å². The summed E-state index contributed by atoms with van der Waals surface area (Å²) < 4.78 is 0. The maximum Gasteiger partial charge on any atom is 0.0761 e. The standard InChI is InChI=1S/C17H12ClNS/c1-10-2-5-16-14(6-10)17-12(9-20-16)7-11-8-13(18)3-4-15(11)19-17/h2-8H,9H2,1H3. The van der Waals surface area contributed by atoms with Gasteiger partial charge in [-0.05, 0) is 48.9 Å². The molecule has 0 radical (unpaired) electrons. The molecule has 3 aromatic rings. The highest BCUT2D eigenvalue weighted by Gasteiger charge is 2.18. The average Bonchev–Trinajstić information content (AvgIpc) is 2.45. The van der Waals surface area contributed by atoms with E-state index in [-0.39, 0.29) is 0 Å². The summed E-state index contributed by atoms with van der Waals surface area (Å²) in [5.41, 5.74) is 5.95. The molecule has 4 rings (SSSR count). The molecule has 0 amide bonds. The number of pyridine rings is 1. The fraction of sp³-hybridized carbons (Fsp3) is 0.118. The molecular weight excluding hydrogens is 286 g/mol. The lowest BCUT2D eigenvalue weighted by atomic mass is 10.0. The normalized spacial score (nSPS) is 13.1. The minimum atomic E-state index is 0.763. The Labute approximate surface area is 127 Å². The van der Waals surface area contributed by atoms with E-state index in [1.54, 1.807) is 0 Å². The van der Waals surface area contributed by atoms with E-state index in [0.717, 1.165) is 27.4 Å². The number of rotatable bonds is 0. The van der Waals surface area contributed by atoms with Crippen LogP contribution in [0.3, 0.4) is 0 Å². The predicted molar refractivity (Wildman–Crippen MR) is 86.5 cm³/mol. The lowest BCUT2D eigenvalue weighted by Gasteiger charge is -2.19. The Kier molecular flexibility index (Phi) is 2.76. The highest BCUT2D eigenvalue weighted by Crippen LogP contribution is 2.41. The number of benzene rings is 2. The molecule has 3 heteroatoms. The summed E-state index contributed by atoms with van der Waals surface area (Å²) in [6.07, 6.45) is 0. The van der Waals surface area contributed by atoms with Gasteiger partial charge in [-0.2, -0.15) is 0 Å². The van der Waals surface area contributed by atoms with Gasteiger partial charge in [0.2, 0.25) is 0 Å². The van der Waals surface area contributed by atoms with Gasteiger partial charge >= 0.3 is 0 Å². The van der Waals surface area contributed by atoms with Crippen molar-refractivity contribution < 1.29 is 0 Å². The zero-order chi connectivity index (χ0) is 13.7. The van der Waals surface area contributed by atoms with Crippen LogP contribution in [-0.2, 0) is 5.75 Å². The summed E-state index contributed by atoms with van der Waals surface area (Å²) in [6.45, 7) is 2.13. The van der Waals surface area contributed by atoms with Crippen molar-refractivity contribution in [1.29, 1.82) is 0 Å². The van der Waals surface area contributed by atoms with Crippen molar-refractivity contribution in [2.24, 2.45) is 0 Å². The summed E-state index contributed by atoms with van der Waals surface area (Å²) in [5, 5.41) is 1.88. The predicted octanol–water partition coefficient (Wildman–Crippen LogP) is 5.47. The summed E-state index contributed by atoms with van der Waals surface area (Å²) in [6, 6.07) is 14.7. The minimum Gasteiger partial charge on any atom is -0.247 e. The second kappa shape index (κ2) is 4.51. The molecule has 0 unspecified atom stereocenters. The van der Waals surface area contributed by atoms with Gasteiger partial charge in [0.05, 0.1) is 11.2 Å². The molecule has 0 atom stereocenters. The van der Waals surface area contributed by atoms with E-state index in [0.29, 0.717) is 0 Å². The largest absolute Gasteiger partial charge is 0.247 e. The van der Waals surface area contributed by atoms with Crippen LogP contribution < -0.4 is 0 Å². The number of fused-ring (bicyclic) bond motifs is 4. The number of aromatic nitrogens is 1. The Hall–Kier alpha value is -1.51. The lowest BCUT2D eigenvalue weighted by Crippen LogP contribution is -2.00. The van der Waals surface area contributed by atoms with Gasteiger partial charge in [0.25, 0.3) is 0 Å². The van der Waals surface area contributed by atoms with Crippen LogP contribution >= 0.6 is 23.4 Å². The molecule has 1 aliphatic heterocycles. The maximum absolute atomic E-state index is 6.07. The summed E-state index contributed by atoms with van der Waals surface area (Å²) in [4.78, 5) is 6.19. The number of hydrogen-bond acceptors (Lipinski definition) is 2. The molecule has 98 valence electrons. The van der Waals surface area contributed by atoms with Crippen LogP contribution in [-0.4, -0.2) is 4.98 Å². The molecular formula is C17H12ClNS. The maximum atomic E-state index is 6.07. The van der Waals surface area contributed by atoms with Crippen molar-refractivity contribution in [2.45, 2.75) is 17.6 Å². The highest BCUT2D eigenvalue weighted by atomic mass is 35.5. The third-order valence-electron chi connectivity index (χ3n) is 3.63. The molecule has 2 heterocycles. The first-order valence-corrected chi connectivity index (χ1v) is 7.90. The van der Waals surface area contributed by atoms with E-state index in [1.165, 1.54) is 21.6 Å². The Balaban J connectivity index is 2.02. The average molecular weight is 298 g/mol. The van der Waals surface area contributed by atoms with Crippen LogP contribution in [0.15, 0.2) is 47.4 Å². The molecule has 0 N–H and O–H groups in total. The van der Waals surface area contributed by atoms with Crippen molar-refractivity contribution in [3.8, 4) is 11.3 Å². The third kappa shape index (κ3) is 1.91. The first-order valence-electron chi connectivity index (χ1n) is 6.54. The van der Waals surface area contributed by atoms with Crippen molar-refractivity contribution in [3.05, 3.63) is 58.6 Å². The number of halogens is 1. The number of aryl methyl sites for hydroxylation is 1. The molecule has 1 nitrogen and oxygen atoms in total. The molecule has 1 aromatic heterocycles. The van der Waals surface area contributed by atoms with Crippen molar-refractivity contribution in [2.75, 3.05) is 0 Å². The van der Waals surface area contributed by atoms with Crippen LogP contribution in [0.4, 0.5) is 0 Å². The summed E-state index contributed by atoms with van der Waals surface area (Å²) in [5.74, 6) is 0.973. The van der Waals surface area contributed by atoms with Crippen molar-refractivity contribution in [1.82, 2.24) is 4.98 Å². The van der Waals surface area contributed by atoms with Gasteiger partial charge in [-0.1, -0.05) is 23.2 Å². The number of thioether (sulfide) groups is 1. The van der Waals surface area contributed by atoms with Gasteiger partial charge in [-0.15, -0.1) is 11.8 Å². The molecule has 0 aliphatic carbocycles. The zero-order valence-electron chi connectivity index (χ0n) is 11.0. The number of nitrogens with zero attached hydrogens (tertiary/aromatic N) is 1. The van der Waals surface area contributed by atoms with Gasteiger partial charge in [0.15, 0.2) is 0 Å². The second-order valence-corrected chi connectivity index (χ2v) is 6.58. The molecule has 1 aliphatic rings. The van der Waals surface area contributed by atoms with Gasteiger partial charge in [-0.3, -0.25) is 0 Å². The quantitative estimate of drug-likeness (QED) is 0.546. The van der Waals surface area contributed by atoms with Crippen molar-refractivity contribution >= 4 is 34.3 Å². The van der Waals surface area contributed by atoms with Gasteiger partial charge < -0.3 is 0 Å². The molecule has 2 aromatic carbocycles. The Bertz CT molecular complexity index is 842. The van der Waals surface area contributed by atoms with Gasteiger partial charge in [0.1, 0.15) is 0 Å². The zero-order valence-corrected chi connectivity index (χ0v) is 12.6. The lowest BCUT2D eigenvalue weighted by molar-refractivity contribution is 1.23. The van der Waals surface area contributed by atoms with Crippen LogP contribution in [0.1, 0.15) is 11.1 Å². The molecule has 0 fully saturated rings. The van der Waals surface area contributed by atoms with Crippen molar-refractivity contribution in [3.63, 3.8) is 0 Å². The molecule has 20 heavy (non-hydrogen) atoms. The fourth-order valence-corrected chi connectivity index (χ4v) is 3.83. The first-order chi connectivity index (χ1) is 9.70. The van der Waals surface area contributed by atoms with Crippen LogP contribution in [0.5, 0.6) is 0 Å². The molecule has 0 bridgehead atoms. The molecule has 0 spiro atoms. The smallest absolute Gasteiger partial charge is 0.0761 e. The number of hydrogen-bond donors (Lipinski definition) is 0. The van der Waals surface area contributed by atoms with E-state index in [1.807, 2.05) is 30.0 Å². The van der Waals surface area contributed by atoms with Gasteiger partial charge in [0, 0.05) is 26.6 Å². The third-order valence-corrected chi connectivity index (χ3v) is 4.99. The SMILES string of the molecule is Cc1ccc2c(c1)-c1nc3ccc(Cl)cc3cc1CS2. The Morgan fingerprint density at radius 2 is 2.00 bits per heavy atom. The van der Waals surface area contributed by atoms with Gasteiger partial charge in [-0.25, -0.2) is 4.98 Å². The molecule has 0 saturated carbocycles.